The molecule has 0 unspecified atom stereocenters. The first kappa shape index (κ1) is 14.1. The van der Waals surface area contributed by atoms with Crippen molar-refractivity contribution in [1.82, 2.24) is 15.0 Å². The van der Waals surface area contributed by atoms with Crippen LogP contribution in [0.5, 0.6) is 0 Å². The molecule has 3 rings (SSSR count). The lowest BCUT2D eigenvalue weighted by Crippen LogP contribution is -2.24. The Labute approximate surface area is 130 Å². The molecule has 0 fully saturated rings. The lowest BCUT2D eigenvalue weighted by molar-refractivity contribution is -0.115. The number of H-pyrrole nitrogens is 1. The summed E-state index contributed by atoms with van der Waals surface area (Å²) >= 11 is 2.86. The van der Waals surface area contributed by atoms with Crippen LogP contribution in [0.1, 0.15) is 13.3 Å². The molecule has 1 aromatic carbocycles. The van der Waals surface area contributed by atoms with Crippen LogP contribution in [0.3, 0.4) is 0 Å². The van der Waals surface area contributed by atoms with Crippen LogP contribution in [0.2, 0.25) is 0 Å². The molecule has 1 amide bonds. The molecule has 0 aliphatic carbocycles. The molecule has 108 valence electrons. The Bertz CT molecular complexity index is 705. The number of fused-ring (bicyclic) bond motifs is 1. The summed E-state index contributed by atoms with van der Waals surface area (Å²) < 4.78 is 0. The maximum atomic E-state index is 12.3. The smallest absolute Gasteiger partial charge is 0.239 e. The van der Waals surface area contributed by atoms with Gasteiger partial charge in [0.2, 0.25) is 5.91 Å². The van der Waals surface area contributed by atoms with Crippen LogP contribution < -0.4 is 5.32 Å². The fourth-order valence-electron chi connectivity index (χ4n) is 1.91. The van der Waals surface area contributed by atoms with Gasteiger partial charge in [-0.2, -0.15) is 0 Å². The minimum Gasteiger partial charge on any atom is -0.333 e. The number of aromatic amines is 1. The molecule has 2 heterocycles. The Balaban J connectivity index is 1.72. The lowest BCUT2D eigenvalue weighted by Gasteiger charge is -2.11. The number of hydrogen-bond acceptors (Lipinski definition) is 5. The molecular weight excluding hydrogens is 304 g/mol. The standard InChI is InChI=1S/C14H14N4OS2/c1-2-11(12(19)18-13-15-7-8-20-13)21-14-16-9-5-3-4-6-10(9)17-14/h3-8,11H,2H2,1H3,(H,16,17)(H,15,18,19)/t11-/m0/s1. The minimum atomic E-state index is -0.200. The van der Waals surface area contributed by atoms with Crippen molar-refractivity contribution in [2.45, 2.75) is 23.8 Å². The second kappa shape index (κ2) is 6.28. The van der Waals surface area contributed by atoms with Crippen LogP contribution in [0.25, 0.3) is 11.0 Å². The van der Waals surface area contributed by atoms with Crippen molar-refractivity contribution in [1.29, 1.82) is 0 Å². The number of imidazole rings is 1. The summed E-state index contributed by atoms with van der Waals surface area (Å²) in [5.74, 6) is -0.0436. The van der Waals surface area contributed by atoms with E-state index in [0.29, 0.717) is 5.13 Å². The van der Waals surface area contributed by atoms with Crippen LogP contribution in [0, 0.1) is 0 Å². The number of carbonyl (C=O) groups excluding carboxylic acids is 1. The third-order valence-corrected chi connectivity index (χ3v) is 4.88. The van der Waals surface area contributed by atoms with Crippen molar-refractivity contribution in [3.63, 3.8) is 0 Å². The number of rotatable bonds is 5. The van der Waals surface area contributed by atoms with Gasteiger partial charge in [-0.15, -0.1) is 11.3 Å². The number of nitrogens with zero attached hydrogens (tertiary/aromatic N) is 2. The maximum Gasteiger partial charge on any atom is 0.239 e. The van der Waals surface area contributed by atoms with Crippen LogP contribution >= 0.6 is 23.1 Å². The number of benzene rings is 1. The molecule has 0 bridgehead atoms. The number of thiazole rings is 1. The molecule has 0 aliphatic rings. The van der Waals surface area contributed by atoms with E-state index < -0.39 is 0 Å². The van der Waals surface area contributed by atoms with Gasteiger partial charge in [-0.05, 0) is 18.6 Å². The summed E-state index contributed by atoms with van der Waals surface area (Å²) in [5.41, 5.74) is 1.89. The Morgan fingerprint density at radius 1 is 1.48 bits per heavy atom. The topological polar surface area (TPSA) is 70.7 Å². The first-order valence-corrected chi connectivity index (χ1v) is 8.34. The predicted octanol–water partition coefficient (Wildman–Crippen LogP) is 3.53. The van der Waals surface area contributed by atoms with E-state index in [1.165, 1.54) is 23.1 Å². The largest absolute Gasteiger partial charge is 0.333 e. The van der Waals surface area contributed by atoms with Gasteiger partial charge >= 0.3 is 0 Å². The highest BCUT2D eigenvalue weighted by Gasteiger charge is 2.20. The Morgan fingerprint density at radius 2 is 2.33 bits per heavy atom. The van der Waals surface area contributed by atoms with E-state index >= 15 is 0 Å². The number of anilines is 1. The van der Waals surface area contributed by atoms with Gasteiger partial charge in [-0.25, -0.2) is 9.97 Å². The van der Waals surface area contributed by atoms with Crippen LogP contribution in [-0.2, 0) is 4.79 Å². The van der Waals surface area contributed by atoms with Crippen molar-refractivity contribution in [2.75, 3.05) is 5.32 Å². The van der Waals surface area contributed by atoms with Gasteiger partial charge in [-0.1, -0.05) is 30.8 Å². The number of aromatic nitrogens is 3. The fourth-order valence-corrected chi connectivity index (χ4v) is 3.37. The molecule has 0 radical (unpaired) electrons. The highest BCUT2D eigenvalue weighted by atomic mass is 32.2. The van der Waals surface area contributed by atoms with Crippen LogP contribution in [-0.4, -0.2) is 26.1 Å². The van der Waals surface area contributed by atoms with Gasteiger partial charge in [0, 0.05) is 11.6 Å². The molecule has 3 aromatic rings. The molecular formula is C14H14N4OS2. The van der Waals surface area contributed by atoms with E-state index in [9.17, 15) is 4.79 Å². The van der Waals surface area contributed by atoms with Crippen molar-refractivity contribution in [3.8, 4) is 0 Å². The van der Waals surface area contributed by atoms with E-state index in [2.05, 4.69) is 20.3 Å². The van der Waals surface area contributed by atoms with E-state index in [-0.39, 0.29) is 11.2 Å². The number of thioether (sulfide) groups is 1. The third kappa shape index (κ3) is 3.25. The van der Waals surface area contributed by atoms with Gasteiger partial charge in [0.15, 0.2) is 10.3 Å². The quantitative estimate of drug-likeness (QED) is 0.706. The van der Waals surface area contributed by atoms with Crippen molar-refractivity contribution < 1.29 is 4.79 Å². The highest BCUT2D eigenvalue weighted by Crippen LogP contribution is 2.26. The van der Waals surface area contributed by atoms with Crippen molar-refractivity contribution in [3.05, 3.63) is 35.8 Å². The monoisotopic (exact) mass is 318 g/mol. The molecule has 1 atom stereocenters. The summed E-state index contributed by atoms with van der Waals surface area (Å²) in [6.07, 6.45) is 2.40. The van der Waals surface area contributed by atoms with E-state index in [1.807, 2.05) is 36.6 Å². The summed E-state index contributed by atoms with van der Waals surface area (Å²) in [4.78, 5) is 24.1. The Hall–Kier alpha value is -1.86. The summed E-state index contributed by atoms with van der Waals surface area (Å²) in [6, 6.07) is 7.83. The minimum absolute atomic E-state index is 0.0436. The molecule has 0 spiro atoms. The molecule has 0 saturated heterocycles. The van der Waals surface area contributed by atoms with Gasteiger partial charge in [0.1, 0.15) is 0 Å². The van der Waals surface area contributed by atoms with E-state index in [0.717, 1.165) is 22.6 Å². The normalized spacial score (nSPS) is 12.4. The van der Waals surface area contributed by atoms with Gasteiger partial charge < -0.3 is 10.3 Å². The van der Waals surface area contributed by atoms with Crippen LogP contribution in [0.15, 0.2) is 41.0 Å². The predicted molar refractivity (Wildman–Crippen MR) is 86.8 cm³/mol. The first-order valence-electron chi connectivity index (χ1n) is 6.58. The molecule has 2 aromatic heterocycles. The molecule has 21 heavy (non-hydrogen) atoms. The lowest BCUT2D eigenvalue weighted by atomic mass is 10.3. The average molecular weight is 318 g/mol. The Morgan fingerprint density at radius 3 is 3.05 bits per heavy atom. The zero-order valence-electron chi connectivity index (χ0n) is 11.4. The first-order chi connectivity index (χ1) is 10.3. The number of hydrogen-bond donors (Lipinski definition) is 2. The summed E-state index contributed by atoms with van der Waals surface area (Å²) in [6.45, 7) is 1.99. The molecule has 5 nitrogen and oxygen atoms in total. The van der Waals surface area contributed by atoms with E-state index in [1.54, 1.807) is 6.20 Å². The molecule has 2 N–H and O–H groups in total. The Kier molecular flexibility index (Phi) is 4.21. The second-order valence-electron chi connectivity index (χ2n) is 4.40. The van der Waals surface area contributed by atoms with Crippen molar-refractivity contribution in [2.24, 2.45) is 0 Å². The van der Waals surface area contributed by atoms with E-state index in [4.69, 9.17) is 0 Å². The van der Waals surface area contributed by atoms with Crippen molar-refractivity contribution >= 4 is 45.2 Å². The summed E-state index contributed by atoms with van der Waals surface area (Å²) in [7, 11) is 0. The van der Waals surface area contributed by atoms with Crippen LogP contribution in [0.4, 0.5) is 5.13 Å². The summed E-state index contributed by atoms with van der Waals surface area (Å²) in [5, 5.41) is 5.86. The number of para-hydroxylation sites is 2. The zero-order valence-corrected chi connectivity index (χ0v) is 13.0. The zero-order chi connectivity index (χ0) is 14.7. The second-order valence-corrected chi connectivity index (χ2v) is 6.49. The number of carbonyl (C=O) groups is 1. The average Bonchev–Trinajstić information content (AvgIpc) is 3.12. The van der Waals surface area contributed by atoms with Gasteiger partial charge in [-0.3, -0.25) is 4.79 Å². The number of amides is 1. The maximum absolute atomic E-state index is 12.3. The SMILES string of the molecule is CC[C@H](Sc1nc2ccccc2[nH]1)C(=O)Nc1nccs1. The number of nitrogens with one attached hydrogen (secondary N) is 2. The third-order valence-electron chi connectivity index (χ3n) is 2.95. The molecule has 0 aliphatic heterocycles. The van der Waals surface area contributed by atoms with Gasteiger partial charge in [0.05, 0.1) is 16.3 Å². The molecule has 0 saturated carbocycles. The highest BCUT2D eigenvalue weighted by molar-refractivity contribution is 8.00. The van der Waals surface area contributed by atoms with Gasteiger partial charge in [0.25, 0.3) is 0 Å². The molecule has 7 heteroatoms. The fraction of sp³-hybridized carbons (Fsp3) is 0.214.